The molecule has 1 saturated heterocycles. The van der Waals surface area contributed by atoms with Crippen molar-refractivity contribution >= 4 is 48.9 Å². The molecular formula is C20H18B4ClF2N3O. The van der Waals surface area contributed by atoms with Gasteiger partial charge in [0.05, 0.1) is 42.1 Å². The predicted molar refractivity (Wildman–Crippen MR) is 120 cm³/mol. The van der Waals surface area contributed by atoms with Crippen molar-refractivity contribution in [3.8, 4) is 0 Å². The first-order chi connectivity index (χ1) is 14.4. The molecule has 31 heavy (non-hydrogen) atoms. The highest BCUT2D eigenvalue weighted by molar-refractivity contribution is 6.46. The number of aryl methyl sites for hydroxylation is 1. The first kappa shape index (κ1) is 23.9. The summed E-state index contributed by atoms with van der Waals surface area (Å²) in [7, 11) is 24.4. The molecule has 1 unspecified atom stereocenters. The lowest BCUT2D eigenvalue weighted by atomic mass is 9.35. The molecule has 1 aromatic carbocycles. The second kappa shape index (κ2) is 8.62. The molecule has 0 aliphatic carbocycles. The van der Waals surface area contributed by atoms with Gasteiger partial charge in [-0.25, -0.2) is 8.78 Å². The van der Waals surface area contributed by atoms with Crippen LogP contribution in [0, 0.1) is 12.7 Å². The molecule has 3 rings (SSSR count). The largest absolute Gasteiger partial charge is 0.339 e. The zero-order valence-corrected chi connectivity index (χ0v) is 17.8. The summed E-state index contributed by atoms with van der Waals surface area (Å²) in [5.41, 5.74) is -0.749. The number of halogens is 3. The van der Waals surface area contributed by atoms with Crippen LogP contribution in [0.3, 0.4) is 0 Å². The van der Waals surface area contributed by atoms with Gasteiger partial charge < -0.3 is 10.2 Å². The fourth-order valence-corrected chi connectivity index (χ4v) is 3.78. The third kappa shape index (κ3) is 4.70. The minimum absolute atomic E-state index is 0.0545. The normalized spacial score (nSPS) is 21.1. The number of hydrogen-bond acceptors (Lipinski definition) is 3. The van der Waals surface area contributed by atoms with Gasteiger partial charge in [0.15, 0.2) is 0 Å². The zero-order chi connectivity index (χ0) is 23.0. The van der Waals surface area contributed by atoms with Crippen molar-refractivity contribution in [1.29, 1.82) is 0 Å². The van der Waals surface area contributed by atoms with Crippen LogP contribution < -0.4 is 5.32 Å². The number of hydrogen-bond donors (Lipinski definition) is 1. The number of nitrogens with one attached hydrogen (secondary N) is 1. The van der Waals surface area contributed by atoms with E-state index < -0.39 is 27.9 Å². The number of benzene rings is 1. The Kier molecular flexibility index (Phi) is 6.64. The SMILES string of the molecule is [B]C1([B])CN(C(=O)c2ccc(F)c(Cl)c2)CCC1(F)C([B])([B])NCc1ccc(C)cn1. The summed E-state index contributed by atoms with van der Waals surface area (Å²) < 4.78 is 29.4. The quantitative estimate of drug-likeness (QED) is 0.734. The van der Waals surface area contributed by atoms with Crippen molar-refractivity contribution in [2.24, 2.45) is 0 Å². The van der Waals surface area contributed by atoms with E-state index in [9.17, 15) is 9.18 Å². The lowest BCUT2D eigenvalue weighted by molar-refractivity contribution is 0.0183. The molecule has 1 fully saturated rings. The number of alkyl halides is 1. The van der Waals surface area contributed by atoms with Crippen LogP contribution in [0.4, 0.5) is 8.78 Å². The molecule has 1 aliphatic heterocycles. The van der Waals surface area contributed by atoms with E-state index in [4.69, 9.17) is 43.0 Å². The first-order valence-corrected chi connectivity index (χ1v) is 9.99. The minimum Gasteiger partial charge on any atom is -0.339 e. The summed E-state index contributed by atoms with van der Waals surface area (Å²) in [5, 5.41) is -1.62. The highest BCUT2D eigenvalue weighted by Gasteiger charge is 2.56. The van der Waals surface area contributed by atoms with Gasteiger partial charge in [0.1, 0.15) is 11.5 Å². The van der Waals surface area contributed by atoms with Crippen LogP contribution in [-0.4, -0.2) is 71.3 Å². The molecular weight excluding hydrogens is 415 g/mol. The van der Waals surface area contributed by atoms with Gasteiger partial charge in [0, 0.05) is 31.4 Å². The van der Waals surface area contributed by atoms with E-state index in [0.29, 0.717) is 5.69 Å². The Morgan fingerprint density at radius 3 is 2.61 bits per heavy atom. The minimum atomic E-state index is -2.46. The fraction of sp³-hybridized carbons (Fsp3) is 0.400. The van der Waals surface area contributed by atoms with Crippen molar-refractivity contribution in [1.82, 2.24) is 15.2 Å². The molecule has 1 aromatic heterocycles. The van der Waals surface area contributed by atoms with Gasteiger partial charge in [0.2, 0.25) is 0 Å². The lowest BCUT2D eigenvalue weighted by Gasteiger charge is -2.57. The van der Waals surface area contributed by atoms with E-state index in [1.54, 1.807) is 12.3 Å². The molecule has 152 valence electrons. The maximum atomic E-state index is 16.1. The van der Waals surface area contributed by atoms with Crippen LogP contribution in [0.5, 0.6) is 0 Å². The smallest absolute Gasteiger partial charge is 0.253 e. The summed E-state index contributed by atoms with van der Waals surface area (Å²) in [6, 6.07) is 7.16. The van der Waals surface area contributed by atoms with Gasteiger partial charge >= 0.3 is 0 Å². The zero-order valence-electron chi connectivity index (χ0n) is 17.0. The van der Waals surface area contributed by atoms with Gasteiger partial charge in [-0.2, -0.15) is 0 Å². The van der Waals surface area contributed by atoms with Crippen molar-refractivity contribution in [3.63, 3.8) is 0 Å². The Morgan fingerprint density at radius 1 is 1.32 bits per heavy atom. The molecule has 4 nitrogen and oxygen atoms in total. The maximum absolute atomic E-state index is 16.1. The number of rotatable bonds is 5. The summed E-state index contributed by atoms with van der Waals surface area (Å²) >= 11 is 5.75. The number of pyridine rings is 1. The van der Waals surface area contributed by atoms with Crippen molar-refractivity contribution in [2.75, 3.05) is 13.1 Å². The number of nitrogens with zero attached hydrogens (tertiary/aromatic N) is 2. The highest BCUT2D eigenvalue weighted by atomic mass is 35.5. The monoisotopic (exact) mass is 433 g/mol. The number of carbonyl (C=O) groups excluding carboxylic acids is 1. The number of carbonyl (C=O) groups is 1. The summed E-state index contributed by atoms with van der Waals surface area (Å²) in [5.74, 6) is -1.17. The number of aromatic nitrogens is 1. The van der Waals surface area contributed by atoms with E-state index >= 15 is 4.39 Å². The lowest BCUT2D eigenvalue weighted by Crippen LogP contribution is -2.71. The second-order valence-electron chi connectivity index (χ2n) is 8.00. The van der Waals surface area contributed by atoms with Crippen LogP contribution in [0.25, 0.3) is 0 Å². The molecule has 1 aliphatic rings. The molecule has 1 N–H and O–H groups in total. The van der Waals surface area contributed by atoms with E-state index in [0.717, 1.165) is 11.6 Å². The Bertz CT molecular complexity index is 977. The van der Waals surface area contributed by atoms with Crippen LogP contribution in [0.15, 0.2) is 36.5 Å². The number of amides is 1. The van der Waals surface area contributed by atoms with Crippen molar-refractivity contribution in [2.45, 2.75) is 36.1 Å². The fourth-order valence-electron chi connectivity index (χ4n) is 3.60. The predicted octanol–water partition coefficient (Wildman–Crippen LogP) is 1.97. The topological polar surface area (TPSA) is 45.2 Å². The van der Waals surface area contributed by atoms with E-state index in [-0.39, 0.29) is 36.6 Å². The molecule has 0 saturated carbocycles. The Hall–Kier alpha value is -1.79. The third-order valence-electron chi connectivity index (χ3n) is 5.56. The molecule has 2 heterocycles. The van der Waals surface area contributed by atoms with Gasteiger partial charge in [-0.05, 0) is 53.7 Å². The number of likely N-dealkylation sites (tertiary alicyclic amines) is 1. The van der Waals surface area contributed by atoms with Gasteiger partial charge in [-0.15, -0.1) is 0 Å². The molecule has 0 spiro atoms. The molecule has 11 heteroatoms. The van der Waals surface area contributed by atoms with Gasteiger partial charge in [-0.1, -0.05) is 17.7 Å². The first-order valence-electron chi connectivity index (χ1n) is 9.62. The molecule has 0 bridgehead atoms. The van der Waals surface area contributed by atoms with Crippen LogP contribution in [0.2, 0.25) is 10.2 Å². The maximum Gasteiger partial charge on any atom is 0.253 e. The Morgan fingerprint density at radius 2 is 2.03 bits per heavy atom. The van der Waals surface area contributed by atoms with Crippen molar-refractivity contribution in [3.05, 3.63) is 64.2 Å². The highest BCUT2D eigenvalue weighted by Crippen LogP contribution is 2.48. The van der Waals surface area contributed by atoms with Crippen LogP contribution in [0.1, 0.15) is 28.0 Å². The van der Waals surface area contributed by atoms with Crippen LogP contribution >= 0.6 is 11.6 Å². The summed E-state index contributed by atoms with van der Waals surface area (Å²) in [6.07, 6.45) is 1.35. The van der Waals surface area contributed by atoms with E-state index in [1.807, 2.05) is 13.0 Å². The van der Waals surface area contributed by atoms with Gasteiger partial charge in [-0.3, -0.25) is 9.78 Å². The van der Waals surface area contributed by atoms with Crippen molar-refractivity contribution < 1.29 is 13.6 Å². The summed E-state index contributed by atoms with van der Waals surface area (Å²) in [4.78, 5) is 18.3. The molecule has 1 amide bonds. The van der Waals surface area contributed by atoms with Gasteiger partial charge in [0.25, 0.3) is 5.91 Å². The van der Waals surface area contributed by atoms with E-state index in [2.05, 4.69) is 10.3 Å². The molecule has 1 atom stereocenters. The average molecular weight is 433 g/mol. The third-order valence-corrected chi connectivity index (χ3v) is 5.85. The van der Waals surface area contributed by atoms with Crippen LogP contribution in [-0.2, 0) is 6.54 Å². The number of piperidine rings is 1. The second-order valence-corrected chi connectivity index (χ2v) is 8.40. The molecule has 2 aromatic rings. The average Bonchev–Trinajstić information content (AvgIpc) is 2.71. The van der Waals surface area contributed by atoms with E-state index in [1.165, 1.54) is 17.0 Å². The Labute approximate surface area is 191 Å². The standard InChI is InChI=1S/C20H18B4ClF2N3O/c1-12-2-4-14(28-9-12)10-29-20(23,24)18(27)6-7-30(11-19(18,21)22)17(31)13-3-5-16(26)15(25)8-13/h2-5,8-9,29H,6-7,10-11H2,1H3. The molecule has 8 radical (unpaired) electrons. The summed E-state index contributed by atoms with van der Waals surface area (Å²) in [6.45, 7) is 1.56. The Balaban J connectivity index is 1.74.